The van der Waals surface area contributed by atoms with Crippen molar-refractivity contribution in [1.29, 1.82) is 0 Å². The number of aliphatic imine (C=N–C) groups is 1. The number of urea groups is 1. The lowest BCUT2D eigenvalue weighted by Crippen LogP contribution is -2.56. The molecule has 186 valence electrons. The van der Waals surface area contributed by atoms with E-state index in [1.54, 1.807) is 17.0 Å². The van der Waals surface area contributed by atoms with Crippen molar-refractivity contribution in [2.24, 2.45) is 4.99 Å². The number of amidine groups is 1. The standard InChI is InChI=1S/C26H22F4N4O2/c1-16-15-33(12-13-34(16)25(35)31-19-9-7-18(27)8-10-19)24-20-4-2-3-5-22(20)36-23-14-17(26(28,29)30)6-11-21(23)32-24/h2-11,14,16H,12-13,15H2,1H3,(H,31,35)/t16-/m0/s1. The van der Waals surface area contributed by atoms with Crippen molar-refractivity contribution in [3.63, 3.8) is 0 Å². The van der Waals surface area contributed by atoms with E-state index in [1.165, 1.54) is 30.3 Å². The highest BCUT2D eigenvalue weighted by molar-refractivity contribution is 6.04. The number of amides is 2. The van der Waals surface area contributed by atoms with Gasteiger partial charge in [-0.1, -0.05) is 12.1 Å². The Morgan fingerprint density at radius 3 is 2.50 bits per heavy atom. The quantitative estimate of drug-likeness (QED) is 0.403. The summed E-state index contributed by atoms with van der Waals surface area (Å²) in [4.78, 5) is 21.2. The molecule has 3 aromatic carbocycles. The number of hydrogen-bond acceptors (Lipinski definition) is 4. The number of carbonyl (C=O) groups is 1. The van der Waals surface area contributed by atoms with Crippen molar-refractivity contribution in [2.75, 3.05) is 25.0 Å². The van der Waals surface area contributed by atoms with Crippen LogP contribution in [0, 0.1) is 5.82 Å². The van der Waals surface area contributed by atoms with Crippen molar-refractivity contribution in [2.45, 2.75) is 19.1 Å². The molecule has 3 aromatic rings. The lowest BCUT2D eigenvalue weighted by Gasteiger charge is -2.41. The molecule has 0 unspecified atom stereocenters. The van der Waals surface area contributed by atoms with Gasteiger partial charge in [-0.05, 0) is 61.5 Å². The Morgan fingerprint density at radius 1 is 1.03 bits per heavy atom. The minimum Gasteiger partial charge on any atom is -0.454 e. The van der Waals surface area contributed by atoms with E-state index in [0.29, 0.717) is 48.2 Å². The molecule has 10 heteroatoms. The second-order valence-corrected chi connectivity index (χ2v) is 8.64. The molecule has 36 heavy (non-hydrogen) atoms. The van der Waals surface area contributed by atoms with Crippen LogP contribution in [0.3, 0.4) is 0 Å². The van der Waals surface area contributed by atoms with Crippen LogP contribution in [0.4, 0.5) is 33.7 Å². The third kappa shape index (κ3) is 4.71. The zero-order valence-corrected chi connectivity index (χ0v) is 19.2. The molecule has 0 saturated carbocycles. The Hall–Kier alpha value is -4.08. The number of halogens is 4. The molecule has 2 amide bonds. The summed E-state index contributed by atoms with van der Waals surface area (Å²) in [5.74, 6) is 0.602. The third-order valence-electron chi connectivity index (χ3n) is 6.14. The summed E-state index contributed by atoms with van der Waals surface area (Å²) in [5.41, 5.74) is 0.619. The van der Waals surface area contributed by atoms with Gasteiger partial charge >= 0.3 is 12.2 Å². The number of ether oxygens (including phenoxy) is 1. The predicted octanol–water partition coefficient (Wildman–Crippen LogP) is 6.27. The molecule has 2 aliphatic rings. The van der Waals surface area contributed by atoms with E-state index in [2.05, 4.69) is 5.32 Å². The number of benzene rings is 3. The number of para-hydroxylation sites is 1. The van der Waals surface area contributed by atoms with Crippen LogP contribution < -0.4 is 10.1 Å². The number of piperazine rings is 1. The van der Waals surface area contributed by atoms with Gasteiger partial charge in [0.1, 0.15) is 23.1 Å². The fourth-order valence-corrected chi connectivity index (χ4v) is 4.32. The summed E-state index contributed by atoms with van der Waals surface area (Å²) in [7, 11) is 0. The van der Waals surface area contributed by atoms with Crippen molar-refractivity contribution in [3.05, 3.63) is 83.7 Å². The zero-order valence-electron chi connectivity index (χ0n) is 19.2. The van der Waals surface area contributed by atoms with Crippen LogP contribution in [0.5, 0.6) is 11.5 Å². The summed E-state index contributed by atoms with van der Waals surface area (Å²) in [6, 6.07) is 15.3. The van der Waals surface area contributed by atoms with Crippen molar-refractivity contribution in [3.8, 4) is 11.5 Å². The van der Waals surface area contributed by atoms with Gasteiger partial charge in [0, 0.05) is 31.4 Å². The molecular weight excluding hydrogens is 476 g/mol. The molecule has 0 spiro atoms. The Balaban J connectivity index is 1.40. The van der Waals surface area contributed by atoms with Crippen LogP contribution in [0.1, 0.15) is 18.1 Å². The molecule has 0 bridgehead atoms. The molecule has 0 aromatic heterocycles. The number of rotatable bonds is 1. The lowest BCUT2D eigenvalue weighted by molar-refractivity contribution is -0.137. The van der Waals surface area contributed by atoms with Crippen LogP contribution in [-0.2, 0) is 6.18 Å². The van der Waals surface area contributed by atoms with E-state index < -0.39 is 11.7 Å². The number of nitrogens with one attached hydrogen (secondary N) is 1. The van der Waals surface area contributed by atoms with Crippen molar-refractivity contribution >= 4 is 23.2 Å². The van der Waals surface area contributed by atoms with Gasteiger partial charge in [-0.15, -0.1) is 0 Å². The van der Waals surface area contributed by atoms with Gasteiger partial charge in [-0.3, -0.25) is 0 Å². The molecule has 1 atom stereocenters. The number of carbonyl (C=O) groups excluding carboxylic acids is 1. The van der Waals surface area contributed by atoms with Crippen LogP contribution >= 0.6 is 0 Å². The van der Waals surface area contributed by atoms with Gasteiger partial charge in [0.05, 0.1) is 11.1 Å². The molecule has 0 radical (unpaired) electrons. The van der Waals surface area contributed by atoms with Crippen molar-refractivity contribution in [1.82, 2.24) is 9.80 Å². The average Bonchev–Trinajstić information content (AvgIpc) is 3.01. The minimum atomic E-state index is -4.50. The fraction of sp³-hybridized carbons (Fsp3) is 0.231. The maximum absolute atomic E-state index is 13.3. The molecule has 5 rings (SSSR count). The summed E-state index contributed by atoms with van der Waals surface area (Å²) in [6.45, 7) is 3.18. The van der Waals surface area contributed by atoms with E-state index in [0.717, 1.165) is 12.1 Å². The smallest absolute Gasteiger partial charge is 0.416 e. The summed E-state index contributed by atoms with van der Waals surface area (Å²) >= 11 is 0. The third-order valence-corrected chi connectivity index (χ3v) is 6.14. The summed E-state index contributed by atoms with van der Waals surface area (Å²) in [6.07, 6.45) is -4.50. The highest BCUT2D eigenvalue weighted by atomic mass is 19.4. The van der Waals surface area contributed by atoms with E-state index in [4.69, 9.17) is 9.73 Å². The largest absolute Gasteiger partial charge is 0.454 e. The number of anilines is 1. The molecule has 2 aliphatic heterocycles. The first-order chi connectivity index (χ1) is 17.2. The van der Waals surface area contributed by atoms with Gasteiger partial charge in [-0.25, -0.2) is 14.2 Å². The minimum absolute atomic E-state index is 0.0256. The van der Waals surface area contributed by atoms with Crippen LogP contribution in [0.15, 0.2) is 71.7 Å². The monoisotopic (exact) mass is 498 g/mol. The predicted molar refractivity (Wildman–Crippen MR) is 127 cm³/mol. The first-order valence-corrected chi connectivity index (χ1v) is 11.3. The van der Waals surface area contributed by atoms with E-state index in [1.807, 2.05) is 24.0 Å². The molecule has 1 N–H and O–H groups in total. The normalized spacial score (nSPS) is 17.4. The average molecular weight is 498 g/mol. The zero-order chi connectivity index (χ0) is 25.4. The maximum atomic E-state index is 13.3. The number of hydrogen-bond donors (Lipinski definition) is 1. The number of fused-ring (bicyclic) bond motifs is 2. The Morgan fingerprint density at radius 2 is 1.78 bits per heavy atom. The first-order valence-electron chi connectivity index (χ1n) is 11.3. The molecule has 0 aliphatic carbocycles. The molecule has 6 nitrogen and oxygen atoms in total. The first kappa shape index (κ1) is 23.7. The fourth-order valence-electron chi connectivity index (χ4n) is 4.32. The topological polar surface area (TPSA) is 57.2 Å². The highest BCUT2D eigenvalue weighted by Crippen LogP contribution is 2.42. The molecule has 1 fully saturated rings. The maximum Gasteiger partial charge on any atom is 0.416 e. The lowest BCUT2D eigenvalue weighted by atomic mass is 10.1. The second-order valence-electron chi connectivity index (χ2n) is 8.64. The highest BCUT2D eigenvalue weighted by Gasteiger charge is 2.34. The number of nitrogens with zero attached hydrogens (tertiary/aromatic N) is 3. The molecule has 1 saturated heterocycles. The van der Waals surface area contributed by atoms with E-state index >= 15 is 0 Å². The van der Waals surface area contributed by atoms with Gasteiger partial charge < -0.3 is 19.9 Å². The Bertz CT molecular complexity index is 1320. The van der Waals surface area contributed by atoms with Gasteiger partial charge in [-0.2, -0.15) is 13.2 Å². The Labute approximate surface area is 204 Å². The molecule has 2 heterocycles. The van der Waals surface area contributed by atoms with Crippen LogP contribution in [0.2, 0.25) is 0 Å². The number of alkyl halides is 3. The van der Waals surface area contributed by atoms with Crippen molar-refractivity contribution < 1.29 is 27.1 Å². The summed E-state index contributed by atoms with van der Waals surface area (Å²) < 4.78 is 58.8. The Kier molecular flexibility index (Phi) is 6.03. The second kappa shape index (κ2) is 9.18. The van der Waals surface area contributed by atoms with Crippen LogP contribution in [0.25, 0.3) is 0 Å². The van der Waals surface area contributed by atoms with Gasteiger partial charge in [0.2, 0.25) is 0 Å². The SMILES string of the molecule is C[C@H]1CN(C2=Nc3ccc(C(F)(F)F)cc3Oc3ccccc32)CCN1C(=O)Nc1ccc(F)cc1. The van der Waals surface area contributed by atoms with Gasteiger partial charge in [0.15, 0.2) is 5.75 Å². The van der Waals surface area contributed by atoms with E-state index in [9.17, 15) is 22.4 Å². The van der Waals surface area contributed by atoms with Gasteiger partial charge in [0.25, 0.3) is 0 Å². The molecular formula is C26H22F4N4O2. The summed E-state index contributed by atoms with van der Waals surface area (Å²) in [5, 5.41) is 2.78. The van der Waals surface area contributed by atoms with Crippen LogP contribution in [-0.4, -0.2) is 47.3 Å². The van der Waals surface area contributed by atoms with E-state index in [-0.39, 0.29) is 23.6 Å².